The van der Waals surface area contributed by atoms with Crippen LogP contribution in [0.4, 0.5) is 4.79 Å². The van der Waals surface area contributed by atoms with Crippen molar-refractivity contribution in [3.63, 3.8) is 0 Å². The van der Waals surface area contributed by atoms with Gasteiger partial charge in [-0.05, 0) is 407 Å². The number of rotatable bonds is 20. The molecule has 0 bridgehead atoms. The fourth-order valence-electron chi connectivity index (χ4n) is 25.9. The Labute approximate surface area is 894 Å². The van der Waals surface area contributed by atoms with Crippen LogP contribution in [0.15, 0.2) is 113 Å². The number of nitrogens with one attached hydrogen (secondary N) is 3. The van der Waals surface area contributed by atoms with Crippen molar-refractivity contribution >= 4 is 121 Å². The second-order valence-corrected chi connectivity index (χ2v) is 46.1. The summed E-state index contributed by atoms with van der Waals surface area (Å²) >= 11 is 24.7. The van der Waals surface area contributed by atoms with Crippen molar-refractivity contribution < 1.29 is 97.0 Å². The van der Waals surface area contributed by atoms with E-state index in [1.54, 1.807) is 61.7 Å². The van der Waals surface area contributed by atoms with Crippen LogP contribution in [0.25, 0.3) is 33.4 Å². The SMILES string of the molecule is CCOC(=O)OC1=C(c2cc(C)ccc2C)C(=O)NC12CCC(OC)CC2.COCC1CCC2(CC1)CC(=O)C(c1c(C)cc(Cl)cc1C)=C2O.COCC1CCC2(CC1)CC(=O)C(c1c(C)cc(Cl)cc1Cl)=C2O.COCC1CCC2(CC1)CC(=O)C(c1cc(C)c(Cl)cc1C)=C2O.COCC1CCC2(CC1)NC(=O)C(c1c(C)cc(C)cc1C)=C2O.COCCC1CCC2(CC1)NC(=O)C(c1c(C)cc(C)cc1C)=C2O. The number of methoxy groups -OCH3 is 6. The lowest BCUT2D eigenvalue weighted by molar-refractivity contribution is -0.117. The molecule has 0 aromatic heterocycles. The smallest absolute Gasteiger partial charge is 0.511 e. The number of amides is 3. The summed E-state index contributed by atoms with van der Waals surface area (Å²) in [7, 11) is 10.3. The Bertz CT molecular complexity index is 5820. The molecule has 27 heteroatoms. The van der Waals surface area contributed by atoms with Crippen LogP contribution in [-0.4, -0.2) is 172 Å². The normalized spacial score (nSPS) is 26.7. The van der Waals surface area contributed by atoms with Crippen molar-refractivity contribution in [1.82, 2.24) is 16.0 Å². The number of benzene rings is 6. The van der Waals surface area contributed by atoms with E-state index >= 15 is 0 Å². The third kappa shape index (κ3) is 24.7. The summed E-state index contributed by atoms with van der Waals surface area (Å²) in [6.07, 6.45) is 22.5. The minimum absolute atomic E-state index is 0.0231. The van der Waals surface area contributed by atoms with E-state index in [1.165, 1.54) is 11.1 Å². The highest BCUT2D eigenvalue weighted by Crippen LogP contribution is 2.59. The van der Waals surface area contributed by atoms with Crippen LogP contribution >= 0.6 is 46.4 Å². The van der Waals surface area contributed by atoms with E-state index in [0.29, 0.717) is 138 Å². The molecule has 3 heterocycles. The van der Waals surface area contributed by atoms with Crippen LogP contribution in [-0.2, 0) is 66.7 Å². The predicted octanol–water partition coefficient (Wildman–Crippen LogP) is 26.6. The number of hydrogen-bond acceptors (Lipinski definition) is 20. The molecule has 3 amide bonds. The van der Waals surface area contributed by atoms with E-state index in [-0.39, 0.29) is 75.9 Å². The number of halogens is 4. The van der Waals surface area contributed by atoms with E-state index in [1.807, 2.05) is 126 Å². The molecule has 3 aliphatic heterocycles. The Morgan fingerprint density at radius 1 is 0.338 bits per heavy atom. The Balaban J connectivity index is 0.000000148. The molecule has 6 aromatic carbocycles. The van der Waals surface area contributed by atoms with Crippen LogP contribution in [0.1, 0.15) is 292 Å². The fraction of sp³-hybridized carbons (Fsp3) is 0.545. The molecule has 0 unspecified atom stereocenters. The van der Waals surface area contributed by atoms with Gasteiger partial charge in [0.1, 0.15) is 34.6 Å². The first-order valence-corrected chi connectivity index (χ1v) is 54.4. The lowest BCUT2D eigenvalue weighted by Gasteiger charge is -2.37. The van der Waals surface area contributed by atoms with Gasteiger partial charge in [-0.3, -0.25) is 28.8 Å². The highest BCUT2D eigenvalue weighted by molar-refractivity contribution is 6.39. The summed E-state index contributed by atoms with van der Waals surface area (Å²) in [6.45, 7) is 31.4. The molecule has 6 fully saturated rings. The molecule has 8 N–H and O–H groups in total. The van der Waals surface area contributed by atoms with Gasteiger partial charge in [-0.2, -0.15) is 0 Å². The van der Waals surface area contributed by atoms with Gasteiger partial charge in [0.05, 0.1) is 67.8 Å². The maximum absolute atomic E-state index is 13.0. The van der Waals surface area contributed by atoms with E-state index in [9.17, 15) is 59.1 Å². The van der Waals surface area contributed by atoms with Crippen LogP contribution in [0, 0.1) is 136 Å². The number of hydrogen-bond donors (Lipinski definition) is 8. The number of allylic oxidation sites excluding steroid dienone is 6. The molecule has 9 aliphatic carbocycles. The number of Topliss-reactive ketones (excluding diaryl/α,β-unsaturated/α-hetero) is 3. The van der Waals surface area contributed by atoms with E-state index < -0.39 is 28.2 Å². The summed E-state index contributed by atoms with van der Waals surface area (Å²) in [5.74, 6) is 3.99. The van der Waals surface area contributed by atoms with Crippen LogP contribution < -0.4 is 16.0 Å². The lowest BCUT2D eigenvalue weighted by atomic mass is 9.69. The summed E-state index contributed by atoms with van der Waals surface area (Å²) in [4.78, 5) is 88.8. The van der Waals surface area contributed by atoms with E-state index in [4.69, 9.17) is 84.3 Å². The molecule has 6 spiro atoms. The number of aliphatic hydroxyl groups is 5. The van der Waals surface area contributed by atoms with Crippen LogP contribution in [0.5, 0.6) is 0 Å². The largest absolute Gasteiger partial charge is 0.513 e. The Morgan fingerprint density at radius 2 is 0.682 bits per heavy atom. The van der Waals surface area contributed by atoms with Crippen LogP contribution in [0.3, 0.4) is 0 Å². The number of aryl methyl sites for hydroxylation is 13. The number of carbonyl (C=O) groups is 7. The topological polar surface area (TPSA) is 331 Å². The van der Waals surface area contributed by atoms with E-state index in [0.717, 1.165) is 270 Å². The van der Waals surface area contributed by atoms with Crippen molar-refractivity contribution in [1.29, 1.82) is 0 Å². The van der Waals surface area contributed by atoms with Crippen LogP contribution in [0.2, 0.25) is 20.1 Å². The van der Waals surface area contributed by atoms with Gasteiger partial charge < -0.3 is 79.4 Å². The third-order valence-corrected chi connectivity index (χ3v) is 35.0. The number of carbonyl (C=O) groups excluding carboxylic acids is 7. The molecular formula is C121H155Cl4N3O20. The van der Waals surface area contributed by atoms with Crippen molar-refractivity contribution in [2.24, 2.45) is 45.8 Å². The second kappa shape index (κ2) is 49.0. The van der Waals surface area contributed by atoms with Gasteiger partial charge in [0.15, 0.2) is 17.3 Å². The minimum Gasteiger partial charge on any atom is -0.511 e. The molecule has 0 saturated heterocycles. The van der Waals surface area contributed by atoms with Crippen molar-refractivity contribution in [2.75, 3.05) is 82.3 Å². The first kappa shape index (κ1) is 115. The quantitative estimate of drug-likeness (QED) is 0.0329. The molecule has 12 aliphatic rings. The zero-order chi connectivity index (χ0) is 108. The monoisotopic (exact) mass is 2110 g/mol. The summed E-state index contributed by atoms with van der Waals surface area (Å²) in [5.41, 5.74) is 17.7. The number of aliphatic hydroxyl groups excluding tert-OH is 5. The van der Waals surface area contributed by atoms with Crippen molar-refractivity contribution in [2.45, 2.75) is 299 Å². The molecule has 23 nitrogen and oxygen atoms in total. The summed E-state index contributed by atoms with van der Waals surface area (Å²) < 4.78 is 42.3. The molecule has 802 valence electrons. The van der Waals surface area contributed by atoms with Gasteiger partial charge in [-0.15, -0.1) is 0 Å². The third-order valence-electron chi connectivity index (χ3n) is 33.9. The average molecular weight is 2110 g/mol. The molecule has 0 atom stereocenters. The number of ketones is 3. The Hall–Kier alpha value is -9.63. The van der Waals surface area contributed by atoms with Gasteiger partial charge in [-0.1, -0.05) is 106 Å². The minimum atomic E-state index is -0.778. The summed E-state index contributed by atoms with van der Waals surface area (Å²) in [6, 6.07) is 25.1. The van der Waals surface area contributed by atoms with Crippen molar-refractivity contribution in [3.05, 3.63) is 239 Å². The molecule has 6 aromatic rings. The highest BCUT2D eigenvalue weighted by Gasteiger charge is 2.56. The predicted molar refractivity (Wildman–Crippen MR) is 585 cm³/mol. The highest BCUT2D eigenvalue weighted by atomic mass is 35.5. The maximum Gasteiger partial charge on any atom is 0.513 e. The molecule has 6 saturated carbocycles. The summed E-state index contributed by atoms with van der Waals surface area (Å²) in [5, 5.41) is 66.6. The first-order chi connectivity index (χ1) is 70.3. The van der Waals surface area contributed by atoms with Gasteiger partial charge in [0, 0.05) is 132 Å². The standard InChI is InChI=1S/C21H27NO5.C21H29NO3.2C20H25ClO3.C20H27NO3.C19H22Cl2O3/c1-5-26-20(24)27-18-17(16-12-13(2)6-7-14(16)3)19(23)22-21(18)10-8-15(25-4)9-11-21;1-13-11-14(2)17(15(3)12-13)18-19(23)21(22-20(18)24)8-5-16(6-9-21)7-10-25-4;1-12-9-16(21)13(2)8-15(12)18-17(22)10-20(19(18)23)6-4-14(5-7-20)11-24-3;1-12-8-15(21)9-13(2)17(12)18-16(22)10-20(19(18)23)6-4-14(5-7-20)11-24-3;1-12-9-13(2)16(14(3)10-12)17-18(22)20(21-19(17)23)7-5-15(6-8-20)11-24-4;1-11-7-13(20)8-14(21)16(11)17-15(22)9-19(18(17)23)5-3-12(4-6-19)10-24-2/h6-7,12,15H,5,8-11H2,1-4H3,(H,22,23);11-12,16,23H,5-10H2,1-4H3,(H,22,24);2*8-9,14,23H,4-7,10-11H2,1-3H3;9-10,15,22H,5-8,11H2,1-4H3,(H,21,23);7-8,12,23H,3-6,9-10H2,1-2H3. The van der Waals surface area contributed by atoms with Gasteiger partial charge in [-0.25, -0.2) is 4.79 Å². The second-order valence-electron chi connectivity index (χ2n) is 44.4. The molecule has 0 radical (unpaired) electrons. The van der Waals surface area contributed by atoms with E-state index in [2.05, 4.69) is 47.1 Å². The molecular weight excluding hydrogens is 1960 g/mol. The maximum atomic E-state index is 13.0. The Kier molecular flexibility index (Phi) is 38.2. The fourth-order valence-corrected chi connectivity index (χ4v) is 27.2. The zero-order valence-corrected chi connectivity index (χ0v) is 93.4. The molecule has 18 rings (SSSR count). The van der Waals surface area contributed by atoms with Gasteiger partial charge in [0.2, 0.25) is 0 Å². The Morgan fingerprint density at radius 3 is 1.08 bits per heavy atom. The average Bonchev–Trinajstić information content (AvgIpc) is 1.58. The molecule has 148 heavy (non-hydrogen) atoms. The van der Waals surface area contributed by atoms with Crippen molar-refractivity contribution in [3.8, 4) is 0 Å². The van der Waals surface area contributed by atoms with Gasteiger partial charge in [0.25, 0.3) is 17.7 Å². The lowest BCUT2D eigenvalue weighted by Crippen LogP contribution is -2.49. The first-order valence-electron chi connectivity index (χ1n) is 52.9. The number of ether oxygens (including phenoxy) is 8. The van der Waals surface area contributed by atoms with Gasteiger partial charge >= 0.3 is 6.16 Å². The zero-order valence-electron chi connectivity index (χ0n) is 90.4.